The summed E-state index contributed by atoms with van der Waals surface area (Å²) in [6.45, 7) is 1.06. The van der Waals surface area contributed by atoms with Crippen LogP contribution in [-0.4, -0.2) is 44.3 Å². The summed E-state index contributed by atoms with van der Waals surface area (Å²) >= 11 is 12.6. The van der Waals surface area contributed by atoms with Crippen molar-refractivity contribution in [2.24, 2.45) is 0 Å². The molecule has 0 radical (unpaired) electrons. The summed E-state index contributed by atoms with van der Waals surface area (Å²) in [5.41, 5.74) is -0.435. The van der Waals surface area contributed by atoms with Crippen LogP contribution in [0.25, 0.3) is 0 Å². The molecule has 4 rings (SSSR count). The van der Waals surface area contributed by atoms with Gasteiger partial charge in [-0.1, -0.05) is 90.8 Å². The van der Waals surface area contributed by atoms with Crippen LogP contribution in [0.5, 0.6) is 0 Å². The molecule has 1 N–H and O–H groups in total. The number of nitrogens with zero attached hydrogens (tertiary/aromatic N) is 2. The summed E-state index contributed by atoms with van der Waals surface area (Å²) in [7, 11) is -4.65. The number of halogens is 5. The highest BCUT2D eigenvalue weighted by atomic mass is 35.5. The van der Waals surface area contributed by atoms with Crippen LogP contribution in [0.3, 0.4) is 0 Å². The van der Waals surface area contributed by atoms with Crippen LogP contribution in [0, 0.1) is 0 Å². The second kappa shape index (κ2) is 15.7. The number of nitrogens with one attached hydrogen (secondary N) is 1. The van der Waals surface area contributed by atoms with Crippen molar-refractivity contribution in [2.45, 2.75) is 43.4 Å². The Balaban J connectivity index is 1.86. The van der Waals surface area contributed by atoms with Crippen molar-refractivity contribution in [3.63, 3.8) is 0 Å². The number of hydrogen-bond donors (Lipinski definition) is 1. The minimum absolute atomic E-state index is 0.0679. The highest BCUT2D eigenvalue weighted by molar-refractivity contribution is 7.92. The zero-order valence-corrected chi connectivity index (χ0v) is 27.6. The van der Waals surface area contributed by atoms with Gasteiger partial charge in [0.1, 0.15) is 12.6 Å². The number of carbonyl (C=O) groups is 2. The Labute approximate surface area is 282 Å². The van der Waals surface area contributed by atoms with Crippen LogP contribution in [0.15, 0.2) is 108 Å². The fourth-order valence-corrected chi connectivity index (χ4v) is 6.79. The predicted octanol–water partition coefficient (Wildman–Crippen LogP) is 7.37. The van der Waals surface area contributed by atoms with E-state index in [9.17, 15) is 31.2 Å². The third-order valence-corrected chi connectivity index (χ3v) is 9.54. The molecule has 1 atom stereocenters. The Kier molecular flexibility index (Phi) is 11.9. The SMILES string of the molecule is CCCNC(=O)C(Cc1ccccc1)N(Cc1cccc(Cl)c1)C(=O)CN(c1cc(C(F)(F)F)ccc1Cl)S(=O)(=O)c1ccccc1. The van der Waals surface area contributed by atoms with Gasteiger partial charge in [0.2, 0.25) is 11.8 Å². The Morgan fingerprint density at radius 1 is 0.851 bits per heavy atom. The molecule has 13 heteroatoms. The smallest absolute Gasteiger partial charge is 0.354 e. The van der Waals surface area contributed by atoms with E-state index in [1.807, 2.05) is 6.92 Å². The predicted molar refractivity (Wildman–Crippen MR) is 177 cm³/mol. The van der Waals surface area contributed by atoms with E-state index in [1.165, 1.54) is 29.2 Å². The quantitative estimate of drug-likeness (QED) is 0.157. The lowest BCUT2D eigenvalue weighted by Gasteiger charge is -2.34. The van der Waals surface area contributed by atoms with Crippen molar-refractivity contribution in [3.05, 3.63) is 130 Å². The fourth-order valence-electron chi connectivity index (χ4n) is 4.87. The maximum Gasteiger partial charge on any atom is 0.416 e. The van der Waals surface area contributed by atoms with Crippen LogP contribution in [-0.2, 0) is 38.8 Å². The van der Waals surface area contributed by atoms with Crippen molar-refractivity contribution in [3.8, 4) is 0 Å². The van der Waals surface area contributed by atoms with Crippen LogP contribution in [0.2, 0.25) is 10.0 Å². The standard InChI is InChI=1S/C34H32Cl2F3N3O4S/c1-2-18-40-33(44)31(20-24-10-5-3-6-11-24)41(22-25-12-9-13-27(35)19-25)32(43)23-42(47(45,46)28-14-7-4-8-15-28)30-21-26(34(37,38)39)16-17-29(30)36/h3-17,19,21,31H,2,18,20,22-23H2,1H3,(H,40,44). The minimum atomic E-state index is -4.83. The molecule has 0 bridgehead atoms. The normalized spacial score (nSPS) is 12.3. The van der Waals surface area contributed by atoms with Gasteiger partial charge in [-0.2, -0.15) is 13.2 Å². The number of sulfonamides is 1. The van der Waals surface area contributed by atoms with Gasteiger partial charge in [0.25, 0.3) is 10.0 Å². The third kappa shape index (κ3) is 9.27. The van der Waals surface area contributed by atoms with Crippen LogP contribution in [0.1, 0.15) is 30.0 Å². The molecule has 1 unspecified atom stereocenters. The molecule has 0 aromatic heterocycles. The van der Waals surface area contributed by atoms with E-state index in [0.29, 0.717) is 33.9 Å². The summed E-state index contributed by atoms with van der Waals surface area (Å²) in [5.74, 6) is -1.34. The van der Waals surface area contributed by atoms with Crippen molar-refractivity contribution < 1.29 is 31.2 Å². The van der Waals surface area contributed by atoms with Gasteiger partial charge in [-0.05, 0) is 60.0 Å². The molecule has 0 fully saturated rings. The molecule has 0 heterocycles. The van der Waals surface area contributed by atoms with Gasteiger partial charge < -0.3 is 10.2 Å². The van der Waals surface area contributed by atoms with Crippen LogP contribution < -0.4 is 9.62 Å². The first kappa shape index (κ1) is 35.8. The zero-order chi connectivity index (χ0) is 34.2. The van der Waals surface area contributed by atoms with Crippen molar-refractivity contribution in [1.29, 1.82) is 0 Å². The van der Waals surface area contributed by atoms with E-state index < -0.39 is 51.9 Å². The number of hydrogen-bond acceptors (Lipinski definition) is 4. The highest BCUT2D eigenvalue weighted by Crippen LogP contribution is 2.37. The van der Waals surface area contributed by atoms with Gasteiger partial charge in [0, 0.05) is 24.5 Å². The summed E-state index contributed by atoms with van der Waals surface area (Å²) in [4.78, 5) is 29.1. The molecule has 0 aliphatic rings. The second-order valence-corrected chi connectivity index (χ2v) is 13.3. The summed E-state index contributed by atoms with van der Waals surface area (Å²) in [6.07, 6.45) is -4.15. The Hall–Kier alpha value is -4.06. The first-order valence-corrected chi connectivity index (χ1v) is 16.8. The summed E-state index contributed by atoms with van der Waals surface area (Å²) in [5, 5.41) is 2.87. The van der Waals surface area contributed by atoms with Gasteiger partial charge in [0.05, 0.1) is 21.2 Å². The summed E-state index contributed by atoms with van der Waals surface area (Å²) < 4.78 is 70.1. The van der Waals surface area contributed by atoms with Gasteiger partial charge in [0.15, 0.2) is 0 Å². The number of amides is 2. The van der Waals surface area contributed by atoms with E-state index in [-0.39, 0.29) is 22.9 Å². The van der Waals surface area contributed by atoms with E-state index in [1.54, 1.807) is 60.7 Å². The first-order chi connectivity index (χ1) is 22.3. The van der Waals surface area contributed by atoms with Gasteiger partial charge in [-0.25, -0.2) is 8.42 Å². The lowest BCUT2D eigenvalue weighted by molar-refractivity contribution is -0.140. The van der Waals surface area contributed by atoms with E-state index in [4.69, 9.17) is 23.2 Å². The number of anilines is 1. The average molecular weight is 707 g/mol. The molecule has 0 aliphatic carbocycles. The number of alkyl halides is 3. The maximum absolute atomic E-state index is 14.4. The molecule has 0 aliphatic heterocycles. The molecule has 0 spiro atoms. The topological polar surface area (TPSA) is 86.8 Å². The van der Waals surface area contributed by atoms with E-state index in [2.05, 4.69) is 5.32 Å². The van der Waals surface area contributed by atoms with E-state index in [0.717, 1.165) is 17.7 Å². The summed E-state index contributed by atoms with van der Waals surface area (Å²) in [6, 6.07) is 23.6. The molecule has 47 heavy (non-hydrogen) atoms. The lowest BCUT2D eigenvalue weighted by atomic mass is 10.0. The van der Waals surface area contributed by atoms with Crippen LogP contribution in [0.4, 0.5) is 18.9 Å². The van der Waals surface area contributed by atoms with Gasteiger partial charge in [-0.3, -0.25) is 13.9 Å². The van der Waals surface area contributed by atoms with E-state index >= 15 is 0 Å². The monoisotopic (exact) mass is 705 g/mol. The molecule has 0 saturated heterocycles. The molecule has 2 amide bonds. The van der Waals surface area contributed by atoms with Crippen molar-refractivity contribution in [2.75, 3.05) is 17.4 Å². The largest absolute Gasteiger partial charge is 0.416 e. The van der Waals surface area contributed by atoms with Crippen molar-refractivity contribution in [1.82, 2.24) is 10.2 Å². The lowest BCUT2D eigenvalue weighted by Crippen LogP contribution is -2.53. The first-order valence-electron chi connectivity index (χ1n) is 14.6. The van der Waals surface area contributed by atoms with Gasteiger partial charge >= 0.3 is 6.18 Å². The molecular formula is C34H32Cl2F3N3O4S. The zero-order valence-electron chi connectivity index (χ0n) is 25.3. The molecule has 4 aromatic carbocycles. The number of carbonyl (C=O) groups excluding carboxylic acids is 2. The van der Waals surface area contributed by atoms with Crippen molar-refractivity contribution >= 4 is 50.7 Å². The van der Waals surface area contributed by atoms with Gasteiger partial charge in [-0.15, -0.1) is 0 Å². The molecule has 248 valence electrons. The number of rotatable bonds is 13. The number of benzene rings is 4. The molecular weight excluding hydrogens is 674 g/mol. The Morgan fingerprint density at radius 3 is 2.11 bits per heavy atom. The average Bonchev–Trinajstić information content (AvgIpc) is 3.04. The maximum atomic E-state index is 14.4. The molecule has 4 aromatic rings. The fraction of sp³-hybridized carbons (Fsp3) is 0.235. The van der Waals surface area contributed by atoms with Crippen LogP contribution >= 0.6 is 23.2 Å². The minimum Gasteiger partial charge on any atom is -0.354 e. The molecule has 7 nitrogen and oxygen atoms in total. The Bertz CT molecular complexity index is 1790. The highest BCUT2D eigenvalue weighted by Gasteiger charge is 2.37. The third-order valence-electron chi connectivity index (χ3n) is 7.21. The molecule has 0 saturated carbocycles. The Morgan fingerprint density at radius 2 is 1.49 bits per heavy atom. The second-order valence-electron chi connectivity index (χ2n) is 10.6.